The van der Waals surface area contributed by atoms with E-state index in [1.165, 1.54) is 6.33 Å². The molecular formula is C12H21N3O3. The summed E-state index contributed by atoms with van der Waals surface area (Å²) in [6.07, 6.45) is 1.42. The van der Waals surface area contributed by atoms with Crippen LogP contribution in [-0.4, -0.2) is 43.4 Å². The Kier molecular flexibility index (Phi) is 5.30. The first-order chi connectivity index (χ1) is 8.54. The third-order valence-corrected chi connectivity index (χ3v) is 2.66. The number of aromatic nitrogens is 2. The lowest BCUT2D eigenvalue weighted by molar-refractivity contribution is 0.0230. The van der Waals surface area contributed by atoms with Gasteiger partial charge >= 0.3 is 0 Å². The van der Waals surface area contributed by atoms with Crippen molar-refractivity contribution >= 4 is 0 Å². The van der Waals surface area contributed by atoms with Crippen LogP contribution < -0.4 is 14.8 Å². The Hall–Kier alpha value is -1.40. The number of ether oxygens (including phenoxy) is 3. The van der Waals surface area contributed by atoms with E-state index in [-0.39, 0.29) is 5.60 Å². The molecule has 0 aliphatic rings. The SMILES string of the molecule is COc1ncnc(OC)c1CNCC(C)(C)OC. The van der Waals surface area contributed by atoms with E-state index >= 15 is 0 Å². The maximum atomic E-state index is 5.33. The average Bonchev–Trinajstić information content (AvgIpc) is 2.38. The van der Waals surface area contributed by atoms with E-state index in [0.29, 0.717) is 24.8 Å². The number of nitrogens with one attached hydrogen (secondary N) is 1. The summed E-state index contributed by atoms with van der Waals surface area (Å²) in [6, 6.07) is 0. The second-order valence-electron chi connectivity index (χ2n) is 4.44. The molecule has 0 spiro atoms. The van der Waals surface area contributed by atoms with Crippen LogP contribution in [0.5, 0.6) is 11.8 Å². The Labute approximate surface area is 108 Å². The molecule has 0 aliphatic carbocycles. The van der Waals surface area contributed by atoms with Crippen LogP contribution in [0.3, 0.4) is 0 Å². The van der Waals surface area contributed by atoms with Crippen molar-refractivity contribution in [1.82, 2.24) is 15.3 Å². The molecule has 0 amide bonds. The minimum absolute atomic E-state index is 0.226. The van der Waals surface area contributed by atoms with Crippen LogP contribution in [0, 0.1) is 0 Å². The maximum Gasteiger partial charge on any atom is 0.224 e. The fourth-order valence-corrected chi connectivity index (χ4v) is 1.44. The summed E-state index contributed by atoms with van der Waals surface area (Å²) in [4.78, 5) is 8.11. The molecule has 0 saturated carbocycles. The highest BCUT2D eigenvalue weighted by atomic mass is 16.5. The van der Waals surface area contributed by atoms with E-state index in [4.69, 9.17) is 14.2 Å². The van der Waals surface area contributed by atoms with Crippen LogP contribution in [0.15, 0.2) is 6.33 Å². The number of methoxy groups -OCH3 is 3. The monoisotopic (exact) mass is 255 g/mol. The lowest BCUT2D eigenvalue weighted by atomic mass is 10.1. The average molecular weight is 255 g/mol. The van der Waals surface area contributed by atoms with Gasteiger partial charge in [0, 0.05) is 20.2 Å². The van der Waals surface area contributed by atoms with Crippen LogP contribution in [0.4, 0.5) is 0 Å². The van der Waals surface area contributed by atoms with E-state index in [9.17, 15) is 0 Å². The normalized spacial score (nSPS) is 11.4. The van der Waals surface area contributed by atoms with Crippen LogP contribution in [0.1, 0.15) is 19.4 Å². The summed E-state index contributed by atoms with van der Waals surface area (Å²) >= 11 is 0. The summed E-state index contributed by atoms with van der Waals surface area (Å²) in [5.41, 5.74) is 0.574. The second kappa shape index (κ2) is 6.51. The van der Waals surface area contributed by atoms with Gasteiger partial charge in [-0.25, -0.2) is 9.97 Å². The molecule has 0 aliphatic heterocycles. The molecule has 0 bridgehead atoms. The molecular weight excluding hydrogens is 234 g/mol. The fraction of sp³-hybridized carbons (Fsp3) is 0.667. The largest absolute Gasteiger partial charge is 0.481 e. The van der Waals surface area contributed by atoms with Crippen LogP contribution in [0.25, 0.3) is 0 Å². The third kappa shape index (κ3) is 3.82. The van der Waals surface area contributed by atoms with E-state index in [0.717, 1.165) is 5.56 Å². The third-order valence-electron chi connectivity index (χ3n) is 2.66. The quantitative estimate of drug-likeness (QED) is 0.784. The van der Waals surface area contributed by atoms with Crippen LogP contribution >= 0.6 is 0 Å². The molecule has 1 N–H and O–H groups in total. The Morgan fingerprint density at radius 2 is 1.67 bits per heavy atom. The highest BCUT2D eigenvalue weighted by Crippen LogP contribution is 2.23. The first kappa shape index (κ1) is 14.7. The number of hydrogen-bond acceptors (Lipinski definition) is 6. The standard InChI is InChI=1S/C12H21N3O3/c1-12(2,18-5)7-13-6-9-10(16-3)14-8-15-11(9)17-4/h8,13H,6-7H2,1-5H3. The molecule has 1 aromatic heterocycles. The molecule has 1 aromatic rings. The predicted molar refractivity (Wildman–Crippen MR) is 67.9 cm³/mol. The van der Waals surface area contributed by atoms with Crippen molar-refractivity contribution in [3.05, 3.63) is 11.9 Å². The Bertz CT molecular complexity index is 361. The summed E-state index contributed by atoms with van der Waals surface area (Å²) in [6.45, 7) is 5.27. The first-order valence-electron chi connectivity index (χ1n) is 5.71. The zero-order chi connectivity index (χ0) is 13.6. The molecule has 6 nitrogen and oxygen atoms in total. The molecule has 1 heterocycles. The molecule has 0 aromatic carbocycles. The summed E-state index contributed by atoms with van der Waals surface area (Å²) in [7, 11) is 4.84. The van der Waals surface area contributed by atoms with Gasteiger partial charge in [-0.3, -0.25) is 0 Å². The van der Waals surface area contributed by atoms with Crippen molar-refractivity contribution in [3.63, 3.8) is 0 Å². The maximum absolute atomic E-state index is 5.33. The predicted octanol–water partition coefficient (Wildman–Crippen LogP) is 1.01. The molecule has 0 atom stereocenters. The van der Waals surface area contributed by atoms with Gasteiger partial charge in [0.05, 0.1) is 25.4 Å². The lowest BCUT2D eigenvalue weighted by Crippen LogP contribution is -2.36. The number of nitrogens with zero attached hydrogens (tertiary/aromatic N) is 2. The van der Waals surface area contributed by atoms with Gasteiger partial charge in [-0.05, 0) is 13.8 Å². The fourth-order valence-electron chi connectivity index (χ4n) is 1.44. The van der Waals surface area contributed by atoms with Crippen molar-refractivity contribution in [2.24, 2.45) is 0 Å². The van der Waals surface area contributed by atoms with Gasteiger partial charge in [0.15, 0.2) is 0 Å². The van der Waals surface area contributed by atoms with Crippen molar-refractivity contribution in [1.29, 1.82) is 0 Å². The Morgan fingerprint density at radius 3 is 2.11 bits per heavy atom. The van der Waals surface area contributed by atoms with E-state index in [1.807, 2.05) is 13.8 Å². The van der Waals surface area contributed by atoms with Gasteiger partial charge in [0.2, 0.25) is 11.8 Å². The Balaban J connectivity index is 2.71. The summed E-state index contributed by atoms with van der Waals surface area (Å²) in [5, 5.41) is 3.28. The molecule has 102 valence electrons. The second-order valence-corrected chi connectivity index (χ2v) is 4.44. The highest BCUT2D eigenvalue weighted by Gasteiger charge is 2.17. The van der Waals surface area contributed by atoms with Gasteiger partial charge in [-0.15, -0.1) is 0 Å². The van der Waals surface area contributed by atoms with E-state index < -0.39 is 0 Å². The molecule has 1 rings (SSSR count). The van der Waals surface area contributed by atoms with Crippen LogP contribution in [0.2, 0.25) is 0 Å². The van der Waals surface area contributed by atoms with Crippen molar-refractivity contribution < 1.29 is 14.2 Å². The molecule has 0 unspecified atom stereocenters. The molecule has 6 heteroatoms. The zero-order valence-corrected chi connectivity index (χ0v) is 11.6. The summed E-state index contributed by atoms with van der Waals surface area (Å²) < 4.78 is 15.7. The van der Waals surface area contributed by atoms with Crippen molar-refractivity contribution in [2.45, 2.75) is 26.0 Å². The number of rotatable bonds is 7. The van der Waals surface area contributed by atoms with E-state index in [1.54, 1.807) is 21.3 Å². The van der Waals surface area contributed by atoms with Crippen molar-refractivity contribution in [3.8, 4) is 11.8 Å². The molecule has 18 heavy (non-hydrogen) atoms. The topological polar surface area (TPSA) is 65.5 Å². The molecule has 0 saturated heterocycles. The van der Waals surface area contributed by atoms with E-state index in [2.05, 4.69) is 15.3 Å². The minimum Gasteiger partial charge on any atom is -0.481 e. The van der Waals surface area contributed by atoms with Gasteiger partial charge in [0.1, 0.15) is 6.33 Å². The first-order valence-corrected chi connectivity index (χ1v) is 5.71. The minimum atomic E-state index is -0.226. The van der Waals surface area contributed by atoms with Gasteiger partial charge in [0.25, 0.3) is 0 Å². The molecule has 0 fully saturated rings. The van der Waals surface area contributed by atoms with Gasteiger partial charge < -0.3 is 19.5 Å². The zero-order valence-electron chi connectivity index (χ0n) is 11.6. The number of hydrogen-bond donors (Lipinski definition) is 1. The summed E-state index contributed by atoms with van der Waals surface area (Å²) in [5.74, 6) is 1.04. The lowest BCUT2D eigenvalue weighted by Gasteiger charge is -2.23. The van der Waals surface area contributed by atoms with Gasteiger partial charge in [-0.2, -0.15) is 0 Å². The van der Waals surface area contributed by atoms with Crippen LogP contribution in [-0.2, 0) is 11.3 Å². The Morgan fingerprint density at radius 1 is 1.11 bits per heavy atom. The highest BCUT2D eigenvalue weighted by molar-refractivity contribution is 5.34. The molecule has 0 radical (unpaired) electrons. The smallest absolute Gasteiger partial charge is 0.224 e. The van der Waals surface area contributed by atoms with Crippen molar-refractivity contribution in [2.75, 3.05) is 27.9 Å². The van der Waals surface area contributed by atoms with Gasteiger partial charge in [-0.1, -0.05) is 0 Å².